The minimum atomic E-state index is -0.441. The van der Waals surface area contributed by atoms with Gasteiger partial charge in [-0.05, 0) is 126 Å². The lowest BCUT2D eigenvalue weighted by Gasteiger charge is -2.30. The highest BCUT2D eigenvalue weighted by molar-refractivity contribution is 6.24. The largest absolute Gasteiger partial charge is 0.456 e. The monoisotopic (exact) mass is 944 g/mol. The number of benzene rings is 12. The van der Waals surface area contributed by atoms with Crippen LogP contribution < -0.4 is 5.32 Å². The summed E-state index contributed by atoms with van der Waals surface area (Å²) in [6.45, 7) is 0. The predicted octanol–water partition coefficient (Wildman–Crippen LogP) is 17.1. The molecule has 0 amide bonds. The van der Waals surface area contributed by atoms with E-state index in [-0.39, 0.29) is 5.92 Å². The second kappa shape index (κ2) is 16.0. The molecule has 5 nitrogen and oxygen atoms in total. The molecular weight excluding hydrogens is 901 g/mol. The van der Waals surface area contributed by atoms with E-state index in [0.29, 0.717) is 5.84 Å². The SMILES string of the molecule is c1ccc(-n2c3ccccc3c3cc(C4=NC(c5cccc6ccccc56)NC(c5ccc([C@@H]6Cc7cc8ccccc8cc7-c7c6ccc6ccccc76)c6oc7cc8ccccc8cc7c56)=N4)ccc32)cc1. The van der Waals surface area contributed by atoms with Crippen LogP contribution in [0.2, 0.25) is 0 Å². The summed E-state index contributed by atoms with van der Waals surface area (Å²) >= 11 is 0. The molecule has 1 unspecified atom stereocenters. The van der Waals surface area contributed by atoms with E-state index in [1.807, 2.05) is 0 Å². The van der Waals surface area contributed by atoms with Gasteiger partial charge >= 0.3 is 0 Å². The van der Waals surface area contributed by atoms with Crippen LogP contribution in [0.15, 0.2) is 251 Å². The molecule has 1 aliphatic heterocycles. The first-order valence-corrected chi connectivity index (χ1v) is 25.6. The van der Waals surface area contributed by atoms with E-state index >= 15 is 0 Å². The smallest absolute Gasteiger partial charge is 0.159 e. The maximum absolute atomic E-state index is 7.33. The van der Waals surface area contributed by atoms with Crippen LogP contribution in [0, 0.1) is 0 Å². The van der Waals surface area contributed by atoms with Gasteiger partial charge in [0.1, 0.15) is 23.2 Å². The quantitative estimate of drug-likeness (QED) is 0.187. The number of hydrogen-bond donors (Lipinski definition) is 1. The first-order chi connectivity index (χ1) is 36.7. The molecule has 14 aromatic rings. The fourth-order valence-corrected chi connectivity index (χ4v) is 12.6. The average molecular weight is 945 g/mol. The molecular formula is C69H44N4O. The van der Waals surface area contributed by atoms with Crippen LogP contribution in [0.25, 0.3) is 104 Å². The predicted molar refractivity (Wildman–Crippen MR) is 307 cm³/mol. The molecule has 0 spiro atoms. The molecule has 346 valence electrons. The van der Waals surface area contributed by atoms with Crippen LogP contribution in [0.4, 0.5) is 0 Å². The normalized spacial score (nSPS) is 15.5. The molecule has 12 aromatic carbocycles. The number of nitrogens with zero attached hydrogens (tertiary/aromatic N) is 3. The number of nitrogens with one attached hydrogen (secondary N) is 1. The van der Waals surface area contributed by atoms with Gasteiger partial charge < -0.3 is 14.3 Å². The number of para-hydroxylation sites is 2. The molecule has 1 N–H and O–H groups in total. The van der Waals surface area contributed by atoms with Crippen molar-refractivity contribution in [2.24, 2.45) is 9.98 Å². The highest BCUT2D eigenvalue weighted by Crippen LogP contribution is 2.50. The van der Waals surface area contributed by atoms with E-state index in [1.165, 1.54) is 49.2 Å². The Hall–Kier alpha value is -9.58. The number of furan rings is 1. The molecule has 0 radical (unpaired) electrons. The number of hydrogen-bond acceptors (Lipinski definition) is 4. The van der Waals surface area contributed by atoms with Crippen molar-refractivity contribution < 1.29 is 4.42 Å². The van der Waals surface area contributed by atoms with Gasteiger partial charge in [0.2, 0.25) is 0 Å². The second-order valence-electron chi connectivity index (χ2n) is 20.0. The fraction of sp³-hybridized carbons (Fsp3) is 0.0435. The van der Waals surface area contributed by atoms with E-state index < -0.39 is 6.17 Å². The number of rotatable bonds is 5. The number of aromatic nitrogens is 1. The lowest BCUT2D eigenvalue weighted by Crippen LogP contribution is -2.34. The summed E-state index contributed by atoms with van der Waals surface area (Å²) in [5.74, 6) is 1.43. The minimum Gasteiger partial charge on any atom is -0.456 e. The summed E-state index contributed by atoms with van der Waals surface area (Å²) in [6.07, 6.45) is 0.393. The Morgan fingerprint density at radius 3 is 1.92 bits per heavy atom. The summed E-state index contributed by atoms with van der Waals surface area (Å²) in [4.78, 5) is 11.1. The Labute approximate surface area is 426 Å². The van der Waals surface area contributed by atoms with Gasteiger partial charge in [-0.25, -0.2) is 9.98 Å². The molecule has 5 heteroatoms. The lowest BCUT2D eigenvalue weighted by atomic mass is 9.73. The van der Waals surface area contributed by atoms with E-state index in [9.17, 15) is 0 Å². The molecule has 16 rings (SSSR count). The molecule has 2 atom stereocenters. The summed E-state index contributed by atoms with van der Waals surface area (Å²) < 4.78 is 9.68. The van der Waals surface area contributed by atoms with Crippen molar-refractivity contribution in [3.05, 3.63) is 270 Å². The van der Waals surface area contributed by atoms with Crippen LogP contribution in [0.5, 0.6) is 0 Å². The van der Waals surface area contributed by atoms with Gasteiger partial charge in [-0.15, -0.1) is 0 Å². The van der Waals surface area contributed by atoms with E-state index in [0.717, 1.165) is 100 Å². The molecule has 0 fully saturated rings. The zero-order chi connectivity index (χ0) is 48.4. The van der Waals surface area contributed by atoms with Gasteiger partial charge in [0.25, 0.3) is 0 Å². The molecule has 2 aromatic heterocycles. The molecule has 74 heavy (non-hydrogen) atoms. The van der Waals surface area contributed by atoms with E-state index in [4.69, 9.17) is 14.4 Å². The molecule has 0 bridgehead atoms. The highest BCUT2D eigenvalue weighted by Gasteiger charge is 2.33. The topological polar surface area (TPSA) is 54.8 Å². The standard InChI is InChI=1S/C69H44N4O/c1-2-22-49(23-3-1)73-61-28-13-12-26-52(61)59-38-47(30-34-62(59)73)67-70-68(55-27-14-21-41-15-8-10-24-50(41)55)72-69(71-67)56-33-32-54(66-65(56)60-37-45-19-6-7-20-46(45)40-63(60)74-66)58-39-48-35-43-17-4-5-18-44(43)36-57(48)64-51-25-11-9-16-42(51)29-31-53(58)64/h1-38,40,58,68H,39H2,(H,70,71,72)/t58-,68?/m1/s1. The Bertz CT molecular complexity index is 4740. The van der Waals surface area contributed by atoms with Crippen molar-refractivity contribution >= 4 is 98.5 Å². The van der Waals surface area contributed by atoms with Gasteiger partial charge in [-0.1, -0.05) is 182 Å². The summed E-state index contributed by atoms with van der Waals surface area (Å²) in [5, 5.41) is 18.0. The maximum atomic E-state index is 7.33. The molecule has 2 aliphatic rings. The zero-order valence-corrected chi connectivity index (χ0v) is 40.1. The average Bonchev–Trinajstić information content (AvgIpc) is 4.01. The Balaban J connectivity index is 0.936. The molecule has 1 aliphatic carbocycles. The van der Waals surface area contributed by atoms with Crippen molar-refractivity contribution in [3.63, 3.8) is 0 Å². The Morgan fingerprint density at radius 1 is 0.446 bits per heavy atom. The summed E-state index contributed by atoms with van der Waals surface area (Å²) in [7, 11) is 0. The first-order valence-electron chi connectivity index (χ1n) is 25.6. The van der Waals surface area contributed by atoms with Crippen molar-refractivity contribution in [1.82, 2.24) is 9.88 Å². The number of amidine groups is 2. The summed E-state index contributed by atoms with van der Waals surface area (Å²) in [6, 6.07) is 85.9. The van der Waals surface area contributed by atoms with Crippen molar-refractivity contribution in [2.75, 3.05) is 0 Å². The summed E-state index contributed by atoms with van der Waals surface area (Å²) in [5.41, 5.74) is 14.6. The van der Waals surface area contributed by atoms with Crippen molar-refractivity contribution in [1.29, 1.82) is 0 Å². The van der Waals surface area contributed by atoms with Crippen LogP contribution in [-0.2, 0) is 6.42 Å². The van der Waals surface area contributed by atoms with Gasteiger partial charge in [0.05, 0.1) is 11.0 Å². The lowest BCUT2D eigenvalue weighted by molar-refractivity contribution is 0.654. The second-order valence-corrected chi connectivity index (χ2v) is 20.0. The van der Waals surface area contributed by atoms with Crippen LogP contribution in [0.3, 0.4) is 0 Å². The van der Waals surface area contributed by atoms with Crippen LogP contribution in [-0.4, -0.2) is 16.2 Å². The Kier molecular flexibility index (Phi) is 8.86. The third-order valence-corrected chi connectivity index (χ3v) is 16.0. The molecule has 3 heterocycles. The van der Waals surface area contributed by atoms with Crippen molar-refractivity contribution in [2.45, 2.75) is 18.5 Å². The van der Waals surface area contributed by atoms with Gasteiger partial charge in [-0.2, -0.15) is 0 Å². The van der Waals surface area contributed by atoms with E-state index in [1.54, 1.807) is 0 Å². The van der Waals surface area contributed by atoms with Crippen molar-refractivity contribution in [3.8, 4) is 16.8 Å². The third-order valence-electron chi connectivity index (χ3n) is 16.0. The van der Waals surface area contributed by atoms with Gasteiger partial charge in [-0.3, -0.25) is 0 Å². The highest BCUT2D eigenvalue weighted by atomic mass is 16.3. The third kappa shape index (κ3) is 6.23. The maximum Gasteiger partial charge on any atom is 0.159 e. The van der Waals surface area contributed by atoms with Crippen LogP contribution in [0.1, 0.15) is 45.5 Å². The molecule has 0 saturated carbocycles. The van der Waals surface area contributed by atoms with Crippen LogP contribution >= 0.6 is 0 Å². The fourth-order valence-electron chi connectivity index (χ4n) is 12.6. The van der Waals surface area contributed by atoms with Gasteiger partial charge in [0.15, 0.2) is 5.84 Å². The first kappa shape index (κ1) is 41.1. The zero-order valence-electron chi connectivity index (χ0n) is 40.1. The number of aliphatic imine (C=N–C) groups is 2. The molecule has 0 saturated heterocycles. The number of fused-ring (bicyclic) bond motifs is 14. The van der Waals surface area contributed by atoms with E-state index in [2.05, 4.69) is 246 Å². The van der Waals surface area contributed by atoms with Gasteiger partial charge in [0, 0.05) is 55.4 Å². The Morgan fingerprint density at radius 2 is 1.09 bits per heavy atom. The minimum absolute atomic E-state index is 0.0151.